The number of aromatic amines is 1. The van der Waals surface area contributed by atoms with E-state index in [1.54, 1.807) is 24.3 Å². The number of H-pyrrole nitrogens is 1. The highest BCUT2D eigenvalue weighted by molar-refractivity contribution is 6.08. The summed E-state index contributed by atoms with van der Waals surface area (Å²) in [5, 5.41) is 2.59. The van der Waals surface area contributed by atoms with Gasteiger partial charge in [0.2, 0.25) is 0 Å². The molecule has 0 fully saturated rings. The molecule has 0 saturated carbocycles. The van der Waals surface area contributed by atoms with Crippen molar-refractivity contribution in [3.8, 4) is 0 Å². The van der Waals surface area contributed by atoms with E-state index in [0.29, 0.717) is 17.1 Å². The largest absolute Gasteiger partial charge is 0.397 e. The van der Waals surface area contributed by atoms with Crippen molar-refractivity contribution in [1.82, 2.24) is 4.98 Å². The molecule has 0 saturated heterocycles. The van der Waals surface area contributed by atoms with Crippen molar-refractivity contribution in [2.24, 2.45) is 5.73 Å². The van der Waals surface area contributed by atoms with E-state index in [1.165, 1.54) is 12.3 Å². The number of aromatic nitrogens is 1. The third-order valence-electron chi connectivity index (χ3n) is 2.39. The predicted octanol–water partition coefficient (Wildman–Crippen LogP) is 0.948. The van der Waals surface area contributed by atoms with Crippen LogP contribution in [0.2, 0.25) is 0 Å². The van der Waals surface area contributed by atoms with Gasteiger partial charge in [0, 0.05) is 11.9 Å². The molecule has 0 atom stereocenters. The molecule has 6 heteroatoms. The molecule has 1 aromatic heterocycles. The van der Waals surface area contributed by atoms with E-state index < -0.39 is 5.91 Å². The van der Waals surface area contributed by atoms with Gasteiger partial charge in [0.15, 0.2) is 0 Å². The van der Waals surface area contributed by atoms with Crippen LogP contribution in [0, 0.1) is 0 Å². The second-order valence-corrected chi connectivity index (χ2v) is 3.71. The van der Waals surface area contributed by atoms with Gasteiger partial charge < -0.3 is 21.8 Å². The van der Waals surface area contributed by atoms with Crippen LogP contribution in [0.5, 0.6) is 0 Å². The number of amides is 2. The van der Waals surface area contributed by atoms with Crippen LogP contribution >= 0.6 is 0 Å². The molecule has 0 aliphatic carbocycles. The van der Waals surface area contributed by atoms with Crippen molar-refractivity contribution >= 4 is 23.2 Å². The molecule has 6 nitrogen and oxygen atoms in total. The molecule has 0 aliphatic rings. The van der Waals surface area contributed by atoms with Gasteiger partial charge >= 0.3 is 0 Å². The number of primary amides is 1. The van der Waals surface area contributed by atoms with Crippen LogP contribution in [0.4, 0.5) is 11.4 Å². The summed E-state index contributed by atoms with van der Waals surface area (Å²) in [6.45, 7) is 0. The van der Waals surface area contributed by atoms with E-state index in [2.05, 4.69) is 10.3 Å². The molecule has 92 valence electrons. The Morgan fingerprint density at radius 2 is 1.94 bits per heavy atom. The number of anilines is 2. The van der Waals surface area contributed by atoms with E-state index in [4.69, 9.17) is 11.5 Å². The van der Waals surface area contributed by atoms with E-state index >= 15 is 0 Å². The molecule has 0 radical (unpaired) electrons. The van der Waals surface area contributed by atoms with Crippen LogP contribution in [-0.4, -0.2) is 16.8 Å². The number of carbonyl (C=O) groups is 2. The SMILES string of the molecule is NC(=O)c1ccccc1NC(=O)c1cc(N)c[nH]1. The average Bonchev–Trinajstić information content (AvgIpc) is 2.76. The number of rotatable bonds is 3. The van der Waals surface area contributed by atoms with Crippen molar-refractivity contribution in [2.45, 2.75) is 0 Å². The topological polar surface area (TPSA) is 114 Å². The van der Waals surface area contributed by atoms with Gasteiger partial charge in [-0.2, -0.15) is 0 Å². The maximum Gasteiger partial charge on any atom is 0.272 e. The molecule has 0 spiro atoms. The number of nitrogens with two attached hydrogens (primary N) is 2. The summed E-state index contributed by atoms with van der Waals surface area (Å²) in [4.78, 5) is 25.8. The van der Waals surface area contributed by atoms with Crippen LogP contribution in [0.25, 0.3) is 0 Å². The standard InChI is InChI=1S/C12H12N4O2/c13-7-5-10(15-6-7)12(18)16-9-4-2-1-3-8(9)11(14)17/h1-6,15H,13H2,(H2,14,17)(H,16,18). The number of nitrogens with one attached hydrogen (secondary N) is 2. The third-order valence-corrected chi connectivity index (χ3v) is 2.39. The van der Waals surface area contributed by atoms with Crippen LogP contribution < -0.4 is 16.8 Å². The molecule has 2 amide bonds. The molecule has 0 aliphatic heterocycles. The van der Waals surface area contributed by atoms with Gasteiger partial charge in [0.05, 0.1) is 11.3 Å². The number of carbonyl (C=O) groups excluding carboxylic acids is 2. The second-order valence-electron chi connectivity index (χ2n) is 3.71. The zero-order valence-corrected chi connectivity index (χ0v) is 9.44. The van der Waals surface area contributed by atoms with Gasteiger partial charge in [-0.25, -0.2) is 0 Å². The predicted molar refractivity (Wildman–Crippen MR) is 68.1 cm³/mol. The lowest BCUT2D eigenvalue weighted by atomic mass is 10.1. The third kappa shape index (κ3) is 2.32. The Hall–Kier alpha value is -2.76. The first-order chi connectivity index (χ1) is 8.58. The molecule has 1 aromatic carbocycles. The van der Waals surface area contributed by atoms with Crippen LogP contribution in [0.3, 0.4) is 0 Å². The fraction of sp³-hybridized carbons (Fsp3) is 0. The Kier molecular flexibility index (Phi) is 3.01. The highest BCUT2D eigenvalue weighted by Crippen LogP contribution is 2.15. The first-order valence-corrected chi connectivity index (χ1v) is 5.22. The number of para-hydroxylation sites is 1. The van der Waals surface area contributed by atoms with E-state index in [-0.39, 0.29) is 11.5 Å². The van der Waals surface area contributed by atoms with E-state index in [1.807, 2.05) is 0 Å². The Balaban J connectivity index is 2.24. The first kappa shape index (κ1) is 11.7. The molecular weight excluding hydrogens is 232 g/mol. The van der Waals surface area contributed by atoms with Crippen molar-refractivity contribution < 1.29 is 9.59 Å². The maximum atomic E-state index is 11.9. The molecule has 6 N–H and O–H groups in total. The Morgan fingerprint density at radius 1 is 1.22 bits per heavy atom. The maximum absolute atomic E-state index is 11.9. The highest BCUT2D eigenvalue weighted by Gasteiger charge is 2.12. The fourth-order valence-corrected chi connectivity index (χ4v) is 1.54. The smallest absolute Gasteiger partial charge is 0.272 e. The number of benzene rings is 1. The fourth-order valence-electron chi connectivity index (χ4n) is 1.54. The quantitative estimate of drug-likeness (QED) is 0.644. The lowest BCUT2D eigenvalue weighted by Gasteiger charge is -2.07. The van der Waals surface area contributed by atoms with Crippen LogP contribution in [-0.2, 0) is 0 Å². The lowest BCUT2D eigenvalue weighted by Crippen LogP contribution is -2.18. The number of hydrogen-bond acceptors (Lipinski definition) is 3. The van der Waals surface area contributed by atoms with Crippen molar-refractivity contribution in [3.05, 3.63) is 47.8 Å². The zero-order valence-electron chi connectivity index (χ0n) is 9.44. The van der Waals surface area contributed by atoms with Crippen LogP contribution in [0.1, 0.15) is 20.8 Å². The number of nitrogen functional groups attached to an aromatic ring is 1. The highest BCUT2D eigenvalue weighted by atomic mass is 16.2. The number of hydrogen-bond donors (Lipinski definition) is 4. The van der Waals surface area contributed by atoms with Gasteiger partial charge in [-0.3, -0.25) is 9.59 Å². The summed E-state index contributed by atoms with van der Waals surface area (Å²) in [6, 6.07) is 8.01. The molecule has 2 rings (SSSR count). The summed E-state index contributed by atoms with van der Waals surface area (Å²) < 4.78 is 0. The first-order valence-electron chi connectivity index (χ1n) is 5.22. The molecule has 0 unspecified atom stereocenters. The summed E-state index contributed by atoms with van der Waals surface area (Å²) in [6.07, 6.45) is 1.51. The minimum atomic E-state index is -0.600. The lowest BCUT2D eigenvalue weighted by molar-refractivity contribution is 0.100. The second kappa shape index (κ2) is 4.62. The Morgan fingerprint density at radius 3 is 2.56 bits per heavy atom. The van der Waals surface area contributed by atoms with Crippen molar-refractivity contribution in [1.29, 1.82) is 0 Å². The van der Waals surface area contributed by atoms with Gasteiger partial charge in [-0.1, -0.05) is 12.1 Å². The Bertz CT molecular complexity index is 604. The minimum Gasteiger partial charge on any atom is -0.397 e. The molecule has 0 bridgehead atoms. The zero-order chi connectivity index (χ0) is 13.1. The van der Waals surface area contributed by atoms with Gasteiger partial charge in [-0.15, -0.1) is 0 Å². The van der Waals surface area contributed by atoms with Gasteiger partial charge in [0.1, 0.15) is 5.69 Å². The summed E-state index contributed by atoms with van der Waals surface area (Å²) in [5.41, 5.74) is 12.1. The monoisotopic (exact) mass is 244 g/mol. The molecule has 18 heavy (non-hydrogen) atoms. The average molecular weight is 244 g/mol. The molecule has 1 heterocycles. The normalized spacial score (nSPS) is 10.0. The molecule has 2 aromatic rings. The summed E-state index contributed by atoms with van der Waals surface area (Å²) in [7, 11) is 0. The van der Waals surface area contributed by atoms with Crippen molar-refractivity contribution in [3.63, 3.8) is 0 Å². The van der Waals surface area contributed by atoms with E-state index in [9.17, 15) is 9.59 Å². The summed E-state index contributed by atoms with van der Waals surface area (Å²) >= 11 is 0. The van der Waals surface area contributed by atoms with Gasteiger partial charge in [0.25, 0.3) is 11.8 Å². The van der Waals surface area contributed by atoms with E-state index in [0.717, 1.165) is 0 Å². The van der Waals surface area contributed by atoms with Crippen LogP contribution in [0.15, 0.2) is 36.5 Å². The van der Waals surface area contributed by atoms with Crippen molar-refractivity contribution in [2.75, 3.05) is 11.1 Å². The Labute approximate surface area is 103 Å². The minimum absolute atomic E-state index is 0.255. The molecular formula is C12H12N4O2. The van der Waals surface area contributed by atoms with Gasteiger partial charge in [-0.05, 0) is 18.2 Å². The summed E-state index contributed by atoms with van der Waals surface area (Å²) in [5.74, 6) is -0.989.